The summed E-state index contributed by atoms with van der Waals surface area (Å²) in [5.74, 6) is 0. The van der Waals surface area contributed by atoms with E-state index in [9.17, 15) is 18.0 Å². The van der Waals surface area contributed by atoms with E-state index < -0.39 is 11.7 Å². The van der Waals surface area contributed by atoms with E-state index in [-0.39, 0.29) is 15.7 Å². The number of alkyl halides is 3. The average Bonchev–Trinajstić information content (AvgIpc) is 2.20. The van der Waals surface area contributed by atoms with Crippen molar-refractivity contribution in [1.29, 1.82) is 0 Å². The van der Waals surface area contributed by atoms with E-state index >= 15 is 0 Å². The normalized spacial score (nSPS) is 11.8. The number of halogens is 5. The maximum absolute atomic E-state index is 12.4. The molecular formula is C9H5Cl2F3N2O. The summed E-state index contributed by atoms with van der Waals surface area (Å²) in [7, 11) is 0. The Morgan fingerprint density at radius 1 is 1.24 bits per heavy atom. The fourth-order valence-electron chi connectivity index (χ4n) is 0.976. The van der Waals surface area contributed by atoms with Crippen LogP contribution in [0.15, 0.2) is 17.2 Å². The summed E-state index contributed by atoms with van der Waals surface area (Å²) in [4.78, 5) is 9.95. The summed E-state index contributed by atoms with van der Waals surface area (Å²) < 4.78 is 37.1. The van der Waals surface area contributed by atoms with Crippen molar-refractivity contribution in [3.63, 3.8) is 0 Å². The molecule has 1 rings (SSSR count). The highest BCUT2D eigenvalue weighted by Crippen LogP contribution is 2.38. The second-order valence-corrected chi connectivity index (χ2v) is 3.65. The molecule has 92 valence electrons. The van der Waals surface area contributed by atoms with Crippen molar-refractivity contribution in [2.24, 2.45) is 5.10 Å². The third-order valence-electron chi connectivity index (χ3n) is 1.68. The molecule has 0 fully saturated rings. The number of benzene rings is 1. The second-order valence-electron chi connectivity index (χ2n) is 2.84. The topological polar surface area (TPSA) is 41.5 Å². The van der Waals surface area contributed by atoms with Gasteiger partial charge in [0, 0.05) is 0 Å². The molecule has 1 aromatic carbocycles. The third kappa shape index (κ3) is 3.61. The van der Waals surface area contributed by atoms with Crippen LogP contribution < -0.4 is 5.43 Å². The molecule has 17 heavy (non-hydrogen) atoms. The SMILES string of the molecule is O=CC=NNc1c(Cl)cc(C(F)(F)F)cc1Cl. The molecule has 0 atom stereocenters. The van der Waals surface area contributed by atoms with Crippen molar-refractivity contribution in [1.82, 2.24) is 0 Å². The van der Waals surface area contributed by atoms with Gasteiger partial charge >= 0.3 is 6.18 Å². The van der Waals surface area contributed by atoms with Crippen molar-refractivity contribution in [2.75, 3.05) is 5.43 Å². The van der Waals surface area contributed by atoms with Crippen molar-refractivity contribution in [2.45, 2.75) is 6.18 Å². The van der Waals surface area contributed by atoms with Crippen LogP contribution in [0.4, 0.5) is 18.9 Å². The fourth-order valence-corrected chi connectivity index (χ4v) is 1.55. The zero-order chi connectivity index (χ0) is 13.1. The first-order valence-corrected chi connectivity index (χ1v) is 4.91. The lowest BCUT2D eigenvalue weighted by Crippen LogP contribution is -2.05. The Morgan fingerprint density at radius 3 is 2.18 bits per heavy atom. The average molecular weight is 285 g/mol. The third-order valence-corrected chi connectivity index (χ3v) is 2.28. The van der Waals surface area contributed by atoms with Crippen LogP contribution in [0, 0.1) is 0 Å². The van der Waals surface area contributed by atoms with Gasteiger partial charge in [-0.3, -0.25) is 10.2 Å². The number of hydrazone groups is 1. The molecule has 0 aliphatic carbocycles. The van der Waals surface area contributed by atoms with Gasteiger partial charge in [-0.05, 0) is 12.1 Å². The van der Waals surface area contributed by atoms with Gasteiger partial charge in [-0.15, -0.1) is 0 Å². The van der Waals surface area contributed by atoms with Gasteiger partial charge in [0.25, 0.3) is 0 Å². The summed E-state index contributed by atoms with van der Waals surface area (Å²) in [5.41, 5.74) is 1.31. The quantitative estimate of drug-likeness (QED) is 0.523. The van der Waals surface area contributed by atoms with E-state index in [1.807, 2.05) is 0 Å². The molecule has 0 saturated carbocycles. The molecule has 0 radical (unpaired) electrons. The summed E-state index contributed by atoms with van der Waals surface area (Å²) in [5, 5.41) is 2.89. The number of nitrogens with zero attached hydrogens (tertiary/aromatic N) is 1. The number of nitrogens with one attached hydrogen (secondary N) is 1. The van der Waals surface area contributed by atoms with Crippen molar-refractivity contribution in [3.05, 3.63) is 27.7 Å². The van der Waals surface area contributed by atoms with Crippen LogP contribution in [0.3, 0.4) is 0 Å². The molecule has 0 bridgehead atoms. The van der Waals surface area contributed by atoms with Crippen LogP contribution >= 0.6 is 23.2 Å². The number of aldehydes is 1. The van der Waals surface area contributed by atoms with Crippen LogP contribution in [-0.2, 0) is 11.0 Å². The minimum atomic E-state index is -4.53. The molecule has 0 aliphatic heterocycles. The van der Waals surface area contributed by atoms with Gasteiger partial charge in [0.1, 0.15) is 0 Å². The lowest BCUT2D eigenvalue weighted by Gasteiger charge is -2.11. The smallest absolute Gasteiger partial charge is 0.297 e. The molecule has 0 aliphatic rings. The second kappa shape index (κ2) is 5.37. The monoisotopic (exact) mass is 284 g/mol. The molecule has 1 aromatic rings. The largest absolute Gasteiger partial charge is 0.416 e. The van der Waals surface area contributed by atoms with Crippen LogP contribution in [0.2, 0.25) is 10.0 Å². The van der Waals surface area contributed by atoms with Crippen molar-refractivity contribution in [3.8, 4) is 0 Å². The molecule has 1 N–H and O–H groups in total. The van der Waals surface area contributed by atoms with Gasteiger partial charge in [0.15, 0.2) is 6.29 Å². The molecule has 0 unspecified atom stereocenters. The van der Waals surface area contributed by atoms with Crippen LogP contribution in [0.25, 0.3) is 0 Å². The lowest BCUT2D eigenvalue weighted by molar-refractivity contribution is -0.137. The van der Waals surface area contributed by atoms with Crippen LogP contribution in [-0.4, -0.2) is 12.5 Å². The number of carbonyl (C=O) groups is 1. The van der Waals surface area contributed by atoms with Gasteiger partial charge in [0.05, 0.1) is 27.5 Å². The number of rotatable bonds is 3. The highest BCUT2D eigenvalue weighted by Gasteiger charge is 2.31. The lowest BCUT2D eigenvalue weighted by atomic mass is 10.2. The minimum Gasteiger partial charge on any atom is -0.297 e. The van der Waals surface area contributed by atoms with Gasteiger partial charge in [0.2, 0.25) is 0 Å². The maximum atomic E-state index is 12.4. The maximum Gasteiger partial charge on any atom is 0.416 e. The number of hydrogen-bond acceptors (Lipinski definition) is 3. The minimum absolute atomic E-state index is 0.000525. The Morgan fingerprint density at radius 2 is 1.76 bits per heavy atom. The molecule has 0 aromatic heterocycles. The predicted molar refractivity (Wildman–Crippen MR) is 59.6 cm³/mol. The standard InChI is InChI=1S/C9H5Cl2F3N2O/c10-6-3-5(9(12,13)14)4-7(11)8(6)16-15-1-2-17/h1-4,16H. The Balaban J connectivity index is 3.11. The van der Waals surface area contributed by atoms with Gasteiger partial charge in [-0.25, -0.2) is 0 Å². The Bertz CT molecular complexity index is 437. The predicted octanol–water partition coefficient (Wildman–Crippen LogP) is 3.61. The number of hydrogen-bond donors (Lipinski definition) is 1. The van der Waals surface area contributed by atoms with Crippen molar-refractivity contribution < 1.29 is 18.0 Å². The number of carbonyl (C=O) groups excluding carboxylic acids is 1. The Kier molecular flexibility index (Phi) is 4.36. The summed E-state index contributed by atoms with van der Waals surface area (Å²) in [6.45, 7) is 0. The Labute approximate surface area is 104 Å². The zero-order valence-electron chi connectivity index (χ0n) is 8.05. The van der Waals surface area contributed by atoms with E-state index in [4.69, 9.17) is 23.2 Å². The molecule has 0 heterocycles. The molecule has 3 nitrogen and oxygen atoms in total. The highest BCUT2D eigenvalue weighted by molar-refractivity contribution is 6.39. The van der Waals surface area contributed by atoms with E-state index in [0.29, 0.717) is 18.4 Å². The van der Waals surface area contributed by atoms with Crippen LogP contribution in [0.5, 0.6) is 0 Å². The van der Waals surface area contributed by atoms with E-state index in [0.717, 1.165) is 6.21 Å². The van der Waals surface area contributed by atoms with E-state index in [1.165, 1.54) is 0 Å². The number of anilines is 1. The molecular weight excluding hydrogens is 280 g/mol. The Hall–Kier alpha value is -1.27. The van der Waals surface area contributed by atoms with E-state index in [2.05, 4.69) is 10.5 Å². The summed E-state index contributed by atoms with van der Waals surface area (Å²) >= 11 is 11.2. The fraction of sp³-hybridized carbons (Fsp3) is 0.111. The van der Waals surface area contributed by atoms with E-state index in [1.54, 1.807) is 0 Å². The zero-order valence-corrected chi connectivity index (χ0v) is 9.57. The van der Waals surface area contributed by atoms with Gasteiger partial charge in [-0.1, -0.05) is 23.2 Å². The van der Waals surface area contributed by atoms with Crippen LogP contribution in [0.1, 0.15) is 5.56 Å². The summed E-state index contributed by atoms with van der Waals surface area (Å²) in [6, 6.07) is 1.43. The summed E-state index contributed by atoms with van der Waals surface area (Å²) in [6.07, 6.45) is -3.28. The first-order valence-electron chi connectivity index (χ1n) is 4.15. The van der Waals surface area contributed by atoms with Gasteiger partial charge in [-0.2, -0.15) is 18.3 Å². The molecule has 0 spiro atoms. The molecule has 0 saturated heterocycles. The first kappa shape index (κ1) is 13.8. The molecule has 0 amide bonds. The van der Waals surface area contributed by atoms with Gasteiger partial charge < -0.3 is 0 Å². The first-order chi connectivity index (χ1) is 7.86. The molecule has 8 heteroatoms. The van der Waals surface area contributed by atoms with Crippen molar-refractivity contribution >= 4 is 41.4 Å². The highest BCUT2D eigenvalue weighted by atomic mass is 35.5.